The van der Waals surface area contributed by atoms with Crippen molar-refractivity contribution in [1.82, 2.24) is 10.7 Å². The van der Waals surface area contributed by atoms with E-state index in [-0.39, 0.29) is 12.2 Å². The molecule has 0 atom stereocenters. The second kappa shape index (κ2) is 8.92. The summed E-state index contributed by atoms with van der Waals surface area (Å²) in [7, 11) is 1.52. The van der Waals surface area contributed by atoms with Crippen LogP contribution in [0.15, 0.2) is 53.6 Å². The first kappa shape index (κ1) is 18.6. The summed E-state index contributed by atoms with van der Waals surface area (Å²) in [6, 6.07) is 12.2. The molecule has 0 fully saturated rings. The van der Waals surface area contributed by atoms with Crippen molar-refractivity contribution >= 4 is 23.7 Å². The maximum Gasteiger partial charge on any atom is 0.270 e. The summed E-state index contributed by atoms with van der Waals surface area (Å²) in [5.41, 5.74) is 3.00. The third-order valence-electron chi connectivity index (χ3n) is 3.25. The molecule has 0 aliphatic heterocycles. The van der Waals surface area contributed by atoms with Gasteiger partial charge in [-0.25, -0.2) is 5.43 Å². The largest absolute Gasteiger partial charge is 0.497 e. The van der Waals surface area contributed by atoms with Crippen LogP contribution in [0.2, 0.25) is 0 Å². The van der Waals surface area contributed by atoms with E-state index in [0.717, 1.165) is 0 Å². The van der Waals surface area contributed by atoms with E-state index >= 15 is 0 Å². The minimum atomic E-state index is -0.534. The highest BCUT2D eigenvalue weighted by Crippen LogP contribution is 2.12. The Morgan fingerprint density at radius 1 is 1.23 bits per heavy atom. The number of nitrogens with zero attached hydrogens (tertiary/aromatic N) is 2. The van der Waals surface area contributed by atoms with Gasteiger partial charge >= 0.3 is 0 Å². The van der Waals surface area contributed by atoms with E-state index in [1.54, 1.807) is 30.3 Å². The normalized spacial score (nSPS) is 10.3. The van der Waals surface area contributed by atoms with Crippen LogP contribution < -0.4 is 15.5 Å². The van der Waals surface area contributed by atoms with Gasteiger partial charge in [0.2, 0.25) is 0 Å². The number of amides is 2. The molecule has 9 heteroatoms. The third kappa shape index (κ3) is 5.41. The summed E-state index contributed by atoms with van der Waals surface area (Å²) in [6.45, 7) is -0.267. The Labute approximate surface area is 148 Å². The first-order valence-electron chi connectivity index (χ1n) is 7.48. The smallest absolute Gasteiger partial charge is 0.270 e. The molecular weight excluding hydrogens is 340 g/mol. The minimum Gasteiger partial charge on any atom is -0.497 e. The molecule has 2 amide bonds. The Balaban J connectivity index is 1.82. The lowest BCUT2D eigenvalue weighted by Crippen LogP contribution is -2.34. The summed E-state index contributed by atoms with van der Waals surface area (Å²) in [4.78, 5) is 33.7. The van der Waals surface area contributed by atoms with Crippen LogP contribution in [0.4, 0.5) is 5.69 Å². The molecule has 2 aromatic carbocycles. The van der Waals surface area contributed by atoms with Crippen molar-refractivity contribution in [2.24, 2.45) is 5.10 Å². The number of hydrogen-bond acceptors (Lipinski definition) is 6. The van der Waals surface area contributed by atoms with E-state index < -0.39 is 16.7 Å². The van der Waals surface area contributed by atoms with Crippen molar-refractivity contribution in [3.8, 4) is 5.75 Å². The van der Waals surface area contributed by atoms with Crippen molar-refractivity contribution in [3.05, 3.63) is 69.8 Å². The molecule has 0 saturated carbocycles. The van der Waals surface area contributed by atoms with Crippen molar-refractivity contribution in [1.29, 1.82) is 0 Å². The molecular formula is C17H16N4O5. The van der Waals surface area contributed by atoms with E-state index in [9.17, 15) is 19.7 Å². The molecule has 2 N–H and O–H groups in total. The molecule has 2 aromatic rings. The van der Waals surface area contributed by atoms with Crippen LogP contribution in [0.1, 0.15) is 15.9 Å². The molecule has 0 unspecified atom stereocenters. The minimum absolute atomic E-state index is 0.0768. The van der Waals surface area contributed by atoms with Crippen molar-refractivity contribution in [3.63, 3.8) is 0 Å². The van der Waals surface area contributed by atoms with Gasteiger partial charge in [0.1, 0.15) is 5.75 Å². The molecule has 2 rings (SSSR count). The maximum atomic E-state index is 11.9. The predicted octanol–water partition coefficient (Wildman–Crippen LogP) is 1.48. The highest BCUT2D eigenvalue weighted by molar-refractivity contribution is 5.96. The van der Waals surface area contributed by atoms with E-state index in [1.165, 1.54) is 31.5 Å². The Kier molecular flexibility index (Phi) is 6.38. The Morgan fingerprint density at radius 2 is 1.96 bits per heavy atom. The molecule has 0 saturated heterocycles. The zero-order valence-electron chi connectivity index (χ0n) is 13.8. The first-order valence-corrected chi connectivity index (χ1v) is 7.48. The number of non-ortho nitro benzene ring substituents is 1. The molecule has 0 aliphatic rings. The fraction of sp³-hybridized carbons (Fsp3) is 0.118. The fourth-order valence-electron chi connectivity index (χ4n) is 1.94. The Morgan fingerprint density at radius 3 is 2.62 bits per heavy atom. The van der Waals surface area contributed by atoms with E-state index in [1.807, 2.05) is 0 Å². The van der Waals surface area contributed by atoms with Crippen LogP contribution in [0.5, 0.6) is 5.75 Å². The van der Waals surface area contributed by atoms with Gasteiger partial charge in [0.15, 0.2) is 0 Å². The lowest BCUT2D eigenvalue weighted by atomic mass is 10.2. The fourth-order valence-corrected chi connectivity index (χ4v) is 1.94. The van der Waals surface area contributed by atoms with E-state index in [0.29, 0.717) is 16.9 Å². The molecule has 0 radical (unpaired) electrons. The van der Waals surface area contributed by atoms with Crippen LogP contribution in [0.25, 0.3) is 0 Å². The zero-order chi connectivity index (χ0) is 18.9. The highest BCUT2D eigenvalue weighted by atomic mass is 16.6. The van der Waals surface area contributed by atoms with Gasteiger partial charge in [-0.3, -0.25) is 19.7 Å². The van der Waals surface area contributed by atoms with Crippen LogP contribution in [0, 0.1) is 10.1 Å². The number of nitro groups is 1. The summed E-state index contributed by atoms with van der Waals surface area (Å²) >= 11 is 0. The summed E-state index contributed by atoms with van der Waals surface area (Å²) < 4.78 is 5.00. The van der Waals surface area contributed by atoms with Gasteiger partial charge in [0.05, 0.1) is 24.8 Å². The van der Waals surface area contributed by atoms with Gasteiger partial charge in [0.25, 0.3) is 17.5 Å². The number of nitro benzene ring substituents is 1. The predicted molar refractivity (Wildman–Crippen MR) is 94.2 cm³/mol. The molecule has 134 valence electrons. The molecule has 26 heavy (non-hydrogen) atoms. The van der Waals surface area contributed by atoms with Crippen molar-refractivity contribution in [2.75, 3.05) is 13.7 Å². The second-order valence-electron chi connectivity index (χ2n) is 5.06. The number of ether oxygens (including phenoxy) is 1. The van der Waals surface area contributed by atoms with Crippen LogP contribution in [-0.2, 0) is 4.79 Å². The van der Waals surface area contributed by atoms with E-state index in [2.05, 4.69) is 15.8 Å². The number of hydrazone groups is 1. The molecule has 0 spiro atoms. The monoisotopic (exact) mass is 356 g/mol. The van der Waals surface area contributed by atoms with Gasteiger partial charge in [0, 0.05) is 23.3 Å². The van der Waals surface area contributed by atoms with Gasteiger partial charge in [-0.15, -0.1) is 0 Å². The molecule has 0 bridgehead atoms. The van der Waals surface area contributed by atoms with Crippen molar-refractivity contribution in [2.45, 2.75) is 0 Å². The Hall–Kier alpha value is -3.75. The molecule has 0 aliphatic carbocycles. The maximum absolute atomic E-state index is 11.9. The lowest BCUT2D eigenvalue weighted by molar-refractivity contribution is -0.384. The average Bonchev–Trinajstić information content (AvgIpc) is 2.66. The SMILES string of the molecule is COc1ccc(C(=O)NCC(=O)NN=Cc2cccc([N+](=O)[O-])c2)cc1. The van der Waals surface area contributed by atoms with Gasteiger partial charge in [-0.1, -0.05) is 12.1 Å². The summed E-state index contributed by atoms with van der Waals surface area (Å²) in [6.07, 6.45) is 1.27. The topological polar surface area (TPSA) is 123 Å². The number of benzene rings is 2. The van der Waals surface area contributed by atoms with Gasteiger partial charge < -0.3 is 10.1 Å². The zero-order valence-corrected chi connectivity index (χ0v) is 13.8. The number of rotatable bonds is 7. The molecule has 0 heterocycles. The third-order valence-corrected chi connectivity index (χ3v) is 3.25. The second-order valence-corrected chi connectivity index (χ2v) is 5.06. The number of carbonyl (C=O) groups is 2. The number of methoxy groups -OCH3 is 1. The van der Waals surface area contributed by atoms with Crippen molar-refractivity contribution < 1.29 is 19.2 Å². The number of nitrogens with one attached hydrogen (secondary N) is 2. The van der Waals surface area contributed by atoms with E-state index in [4.69, 9.17) is 4.74 Å². The average molecular weight is 356 g/mol. The standard InChI is InChI=1S/C17H16N4O5/c1-26-15-7-5-13(6-8-15)17(23)18-11-16(22)20-19-10-12-3-2-4-14(9-12)21(24)25/h2-10H,11H2,1H3,(H,18,23)(H,20,22). The lowest BCUT2D eigenvalue weighted by Gasteiger charge is -2.05. The quantitative estimate of drug-likeness (QED) is 0.442. The first-order chi connectivity index (χ1) is 12.5. The van der Waals surface area contributed by atoms with Gasteiger partial charge in [-0.05, 0) is 24.3 Å². The van der Waals surface area contributed by atoms with Crippen LogP contribution in [-0.4, -0.2) is 36.6 Å². The van der Waals surface area contributed by atoms with Crippen LogP contribution in [0.3, 0.4) is 0 Å². The summed E-state index contributed by atoms with van der Waals surface area (Å²) in [5, 5.41) is 16.8. The molecule has 0 aromatic heterocycles. The van der Waals surface area contributed by atoms with Crippen LogP contribution >= 0.6 is 0 Å². The molecule has 9 nitrogen and oxygen atoms in total. The van der Waals surface area contributed by atoms with Gasteiger partial charge in [-0.2, -0.15) is 5.10 Å². The highest BCUT2D eigenvalue weighted by Gasteiger charge is 2.08. The summed E-state index contributed by atoms with van der Waals surface area (Å²) in [5.74, 6) is -0.325. The number of hydrogen-bond donors (Lipinski definition) is 2. The Bertz CT molecular complexity index is 833. The number of carbonyl (C=O) groups excluding carboxylic acids is 2.